The molecule has 2 rings (SSSR count). The van der Waals surface area contributed by atoms with E-state index in [2.05, 4.69) is 10.6 Å². The second-order valence-electron chi connectivity index (χ2n) is 4.14. The molecular formula is C16H12FN3O. The summed E-state index contributed by atoms with van der Waals surface area (Å²) in [6, 6.07) is 14.2. The maximum atomic E-state index is 13.3. The minimum absolute atomic E-state index is 0.358. The van der Waals surface area contributed by atoms with E-state index in [0.29, 0.717) is 16.8 Å². The Morgan fingerprint density at radius 3 is 2.52 bits per heavy atom. The number of rotatable bonds is 3. The Hall–Kier alpha value is -3.13. The van der Waals surface area contributed by atoms with Crippen molar-refractivity contribution in [1.82, 2.24) is 5.32 Å². The minimum Gasteiger partial charge on any atom is -0.314 e. The van der Waals surface area contributed by atoms with Gasteiger partial charge in [-0.05, 0) is 36.4 Å². The Morgan fingerprint density at radius 2 is 1.86 bits per heavy atom. The largest absolute Gasteiger partial charge is 0.323 e. The van der Waals surface area contributed by atoms with Gasteiger partial charge in [0.05, 0.1) is 11.6 Å². The molecule has 0 aliphatic rings. The van der Waals surface area contributed by atoms with E-state index in [9.17, 15) is 9.18 Å². The summed E-state index contributed by atoms with van der Waals surface area (Å²) in [6.07, 6.45) is 2.82. The van der Waals surface area contributed by atoms with Crippen LogP contribution in [0.1, 0.15) is 11.1 Å². The lowest BCUT2D eigenvalue weighted by molar-refractivity contribution is 0.255. The summed E-state index contributed by atoms with van der Waals surface area (Å²) in [6.45, 7) is 0. The van der Waals surface area contributed by atoms with Crippen molar-refractivity contribution in [3.63, 3.8) is 0 Å². The number of nitrogens with zero attached hydrogens (tertiary/aromatic N) is 1. The lowest BCUT2D eigenvalue weighted by atomic mass is 10.2. The quantitative estimate of drug-likeness (QED) is 0.904. The number of urea groups is 1. The van der Waals surface area contributed by atoms with Crippen molar-refractivity contribution < 1.29 is 9.18 Å². The normalized spacial score (nSPS) is 10.1. The fourth-order valence-corrected chi connectivity index (χ4v) is 1.61. The molecule has 0 bridgehead atoms. The first-order valence-electron chi connectivity index (χ1n) is 6.18. The number of carbonyl (C=O) groups is 1. The van der Waals surface area contributed by atoms with Gasteiger partial charge in [-0.2, -0.15) is 5.26 Å². The summed E-state index contributed by atoms with van der Waals surface area (Å²) in [5, 5.41) is 13.7. The van der Waals surface area contributed by atoms with E-state index < -0.39 is 6.03 Å². The molecule has 0 heterocycles. The number of hydrogen-bond donors (Lipinski definition) is 2. The van der Waals surface area contributed by atoms with Crippen LogP contribution in [0.4, 0.5) is 14.9 Å². The predicted octanol–water partition coefficient (Wildman–Crippen LogP) is 3.49. The molecule has 2 N–H and O–H groups in total. The molecule has 0 aliphatic carbocycles. The van der Waals surface area contributed by atoms with Crippen LogP contribution in [-0.4, -0.2) is 6.03 Å². The number of amides is 2. The molecule has 104 valence electrons. The maximum absolute atomic E-state index is 13.3. The van der Waals surface area contributed by atoms with Crippen LogP contribution in [-0.2, 0) is 0 Å². The monoisotopic (exact) mass is 281 g/mol. The molecule has 21 heavy (non-hydrogen) atoms. The predicted molar refractivity (Wildman–Crippen MR) is 78.7 cm³/mol. The Bertz CT molecular complexity index is 702. The Labute approximate surface area is 121 Å². The van der Waals surface area contributed by atoms with Crippen molar-refractivity contribution in [3.05, 3.63) is 71.7 Å². The molecule has 0 unspecified atom stereocenters. The van der Waals surface area contributed by atoms with E-state index in [1.54, 1.807) is 42.5 Å². The maximum Gasteiger partial charge on any atom is 0.323 e. The molecule has 0 aliphatic heterocycles. The minimum atomic E-state index is -0.452. The second-order valence-corrected chi connectivity index (χ2v) is 4.14. The van der Waals surface area contributed by atoms with Crippen LogP contribution in [0, 0.1) is 17.1 Å². The molecule has 0 aromatic heterocycles. The Kier molecular flexibility index (Phi) is 4.67. The molecular weight excluding hydrogens is 269 g/mol. The SMILES string of the molecule is N#Cc1ccc(NC(=O)N/C=C/c2ccccc2F)cc1. The van der Waals surface area contributed by atoms with E-state index in [-0.39, 0.29) is 5.82 Å². The van der Waals surface area contributed by atoms with Crippen LogP contribution < -0.4 is 10.6 Å². The first kappa shape index (κ1) is 14.3. The molecule has 2 amide bonds. The fourth-order valence-electron chi connectivity index (χ4n) is 1.61. The van der Waals surface area contributed by atoms with Crippen molar-refractivity contribution in [2.75, 3.05) is 5.32 Å². The van der Waals surface area contributed by atoms with E-state index in [1.807, 2.05) is 6.07 Å². The van der Waals surface area contributed by atoms with Crippen molar-refractivity contribution in [3.8, 4) is 6.07 Å². The first-order valence-corrected chi connectivity index (χ1v) is 6.18. The summed E-state index contributed by atoms with van der Waals surface area (Å²) in [7, 11) is 0. The molecule has 5 heteroatoms. The van der Waals surface area contributed by atoms with Crippen LogP contribution in [0.3, 0.4) is 0 Å². The molecule has 0 radical (unpaired) electrons. The highest BCUT2D eigenvalue weighted by atomic mass is 19.1. The van der Waals surface area contributed by atoms with Gasteiger partial charge in [0.1, 0.15) is 5.82 Å². The zero-order valence-electron chi connectivity index (χ0n) is 11.0. The lowest BCUT2D eigenvalue weighted by Crippen LogP contribution is -2.23. The van der Waals surface area contributed by atoms with Crippen molar-refractivity contribution in [2.45, 2.75) is 0 Å². The molecule has 0 saturated carbocycles. The number of carbonyl (C=O) groups excluding carboxylic acids is 1. The molecule has 0 spiro atoms. The molecule has 2 aromatic rings. The Morgan fingerprint density at radius 1 is 1.14 bits per heavy atom. The van der Waals surface area contributed by atoms with Crippen molar-refractivity contribution in [2.24, 2.45) is 0 Å². The number of hydrogen-bond acceptors (Lipinski definition) is 2. The van der Waals surface area contributed by atoms with Gasteiger partial charge in [-0.15, -0.1) is 0 Å². The molecule has 0 fully saturated rings. The van der Waals surface area contributed by atoms with E-state index in [4.69, 9.17) is 5.26 Å². The number of anilines is 1. The van der Waals surface area contributed by atoms with Gasteiger partial charge in [-0.25, -0.2) is 9.18 Å². The number of halogens is 1. The summed E-state index contributed by atoms with van der Waals surface area (Å²) in [5.41, 5.74) is 1.46. The molecule has 4 nitrogen and oxygen atoms in total. The second kappa shape index (κ2) is 6.87. The fraction of sp³-hybridized carbons (Fsp3) is 0. The van der Waals surface area contributed by atoms with Gasteiger partial charge in [0.2, 0.25) is 0 Å². The summed E-state index contributed by atoms with van der Waals surface area (Å²) in [5.74, 6) is -0.358. The average Bonchev–Trinajstić information content (AvgIpc) is 2.50. The highest BCUT2D eigenvalue weighted by Crippen LogP contribution is 2.09. The van der Waals surface area contributed by atoms with Crippen molar-refractivity contribution >= 4 is 17.8 Å². The van der Waals surface area contributed by atoms with Gasteiger partial charge in [-0.3, -0.25) is 0 Å². The third-order valence-electron chi connectivity index (χ3n) is 2.65. The number of benzene rings is 2. The number of nitrogens with one attached hydrogen (secondary N) is 2. The van der Waals surface area contributed by atoms with Crippen LogP contribution >= 0.6 is 0 Å². The Balaban J connectivity index is 1.90. The van der Waals surface area contributed by atoms with E-state index >= 15 is 0 Å². The van der Waals surface area contributed by atoms with E-state index in [1.165, 1.54) is 18.3 Å². The van der Waals surface area contributed by atoms with E-state index in [0.717, 1.165) is 0 Å². The smallest absolute Gasteiger partial charge is 0.314 e. The third kappa shape index (κ3) is 4.18. The molecule has 2 aromatic carbocycles. The van der Waals surface area contributed by atoms with Gasteiger partial charge in [0.25, 0.3) is 0 Å². The van der Waals surface area contributed by atoms with Crippen molar-refractivity contribution in [1.29, 1.82) is 5.26 Å². The third-order valence-corrected chi connectivity index (χ3v) is 2.65. The average molecular weight is 281 g/mol. The van der Waals surface area contributed by atoms with Crippen LogP contribution in [0.25, 0.3) is 6.08 Å². The summed E-state index contributed by atoms with van der Waals surface area (Å²) in [4.78, 5) is 11.6. The van der Waals surface area contributed by atoms with Crippen LogP contribution in [0.2, 0.25) is 0 Å². The standard InChI is InChI=1S/C16H12FN3O/c17-15-4-2-1-3-13(15)9-10-19-16(21)20-14-7-5-12(11-18)6-8-14/h1-10H,(H2,19,20,21)/b10-9+. The zero-order valence-corrected chi connectivity index (χ0v) is 11.0. The van der Waals surface area contributed by atoms with Gasteiger partial charge in [0.15, 0.2) is 0 Å². The highest BCUT2D eigenvalue weighted by molar-refractivity contribution is 5.90. The van der Waals surface area contributed by atoms with Gasteiger partial charge in [0, 0.05) is 17.5 Å². The first-order chi connectivity index (χ1) is 10.2. The van der Waals surface area contributed by atoms with Crippen LogP contribution in [0.5, 0.6) is 0 Å². The number of nitriles is 1. The van der Waals surface area contributed by atoms with Crippen LogP contribution in [0.15, 0.2) is 54.7 Å². The summed E-state index contributed by atoms with van der Waals surface area (Å²) >= 11 is 0. The zero-order chi connectivity index (χ0) is 15.1. The molecule has 0 atom stereocenters. The van der Waals surface area contributed by atoms with Gasteiger partial charge in [-0.1, -0.05) is 18.2 Å². The summed E-state index contributed by atoms with van der Waals surface area (Å²) < 4.78 is 13.3. The molecule has 0 saturated heterocycles. The highest BCUT2D eigenvalue weighted by Gasteiger charge is 2.00. The lowest BCUT2D eigenvalue weighted by Gasteiger charge is -2.04. The van der Waals surface area contributed by atoms with Gasteiger partial charge >= 0.3 is 6.03 Å². The topological polar surface area (TPSA) is 64.9 Å². The van der Waals surface area contributed by atoms with Gasteiger partial charge < -0.3 is 10.6 Å².